The minimum Gasteiger partial charge on any atom is -0.507 e. The molecule has 1 rings (SSSR count). The zero-order valence-corrected chi connectivity index (χ0v) is 7.32. The van der Waals surface area contributed by atoms with Gasteiger partial charge < -0.3 is 16.6 Å². The van der Waals surface area contributed by atoms with Crippen LogP contribution in [0.1, 0.15) is 27.7 Å². The van der Waals surface area contributed by atoms with E-state index in [1.54, 1.807) is 13.0 Å². The smallest absolute Gasteiger partial charge is 0.153 e. The molecule has 5 N–H and O–H groups in total. The molecule has 0 bridgehead atoms. The molecule has 0 spiro atoms. The van der Waals surface area contributed by atoms with Gasteiger partial charge in [-0.25, -0.2) is 0 Å². The maximum absolute atomic E-state index is 10.5. The Morgan fingerprint density at radius 3 is 2.54 bits per heavy atom. The lowest BCUT2D eigenvalue weighted by atomic mass is 10.0. The fourth-order valence-electron chi connectivity index (χ4n) is 1.12. The minimum absolute atomic E-state index is 0.0144. The molecule has 0 aromatic heterocycles. The van der Waals surface area contributed by atoms with Crippen LogP contribution in [0.2, 0.25) is 0 Å². The molecule has 4 nitrogen and oxygen atoms in total. The quantitative estimate of drug-likeness (QED) is 0.454. The Labute approximate surface area is 76.2 Å². The van der Waals surface area contributed by atoms with Crippen molar-refractivity contribution in [2.24, 2.45) is 11.5 Å². The number of hydrogen-bond donors (Lipinski definition) is 3. The van der Waals surface area contributed by atoms with Gasteiger partial charge in [0.1, 0.15) is 5.75 Å². The number of carbonyl (C=O) groups is 1. The second-order valence-corrected chi connectivity index (χ2v) is 2.92. The maximum atomic E-state index is 10.5. The molecule has 13 heavy (non-hydrogen) atoms. The molecular weight excluding hydrogens is 168 g/mol. The summed E-state index contributed by atoms with van der Waals surface area (Å²) in [6, 6.07) is 3.15. The van der Waals surface area contributed by atoms with Crippen LogP contribution >= 0.6 is 0 Å². The van der Waals surface area contributed by atoms with E-state index in [0.717, 1.165) is 0 Å². The predicted octanol–water partition coefficient (Wildman–Crippen LogP) is 0.429. The molecule has 0 saturated heterocycles. The van der Waals surface area contributed by atoms with Crippen LogP contribution in [0.4, 0.5) is 0 Å². The first kappa shape index (κ1) is 9.70. The highest BCUT2D eigenvalue weighted by molar-refractivity contribution is 5.80. The monoisotopic (exact) mass is 180 g/mol. The van der Waals surface area contributed by atoms with Gasteiger partial charge in [0, 0.05) is 0 Å². The standard InChI is InChI=1S/C9H12N2O2/c1-5-2-6(9(10)11)3-7(4-12)8(5)13/h2-4,9,13H,10-11H2,1H3. The van der Waals surface area contributed by atoms with Gasteiger partial charge in [-0.15, -0.1) is 0 Å². The van der Waals surface area contributed by atoms with Gasteiger partial charge in [-0.1, -0.05) is 0 Å². The van der Waals surface area contributed by atoms with Crippen LogP contribution < -0.4 is 11.5 Å². The molecule has 0 saturated carbocycles. The normalized spacial score (nSPS) is 10.5. The van der Waals surface area contributed by atoms with Gasteiger partial charge in [0.15, 0.2) is 6.29 Å². The van der Waals surface area contributed by atoms with Crippen LogP contribution in [0.25, 0.3) is 0 Å². The molecule has 1 aromatic carbocycles. The van der Waals surface area contributed by atoms with Crippen molar-refractivity contribution in [3.63, 3.8) is 0 Å². The molecule has 4 heteroatoms. The molecule has 0 unspecified atom stereocenters. The summed E-state index contributed by atoms with van der Waals surface area (Å²) in [5.74, 6) is -0.0144. The highest BCUT2D eigenvalue weighted by Gasteiger charge is 2.08. The van der Waals surface area contributed by atoms with Crippen LogP contribution in [0.3, 0.4) is 0 Å². The van der Waals surface area contributed by atoms with E-state index in [-0.39, 0.29) is 11.3 Å². The van der Waals surface area contributed by atoms with Gasteiger partial charge in [-0.05, 0) is 30.2 Å². The zero-order chi connectivity index (χ0) is 10.0. The lowest BCUT2D eigenvalue weighted by Crippen LogP contribution is -2.20. The third-order valence-electron chi connectivity index (χ3n) is 1.86. The summed E-state index contributed by atoms with van der Waals surface area (Å²) in [5, 5.41) is 9.39. The van der Waals surface area contributed by atoms with Crippen LogP contribution in [0.15, 0.2) is 12.1 Å². The first-order valence-electron chi connectivity index (χ1n) is 3.86. The van der Waals surface area contributed by atoms with Crippen molar-refractivity contribution in [3.8, 4) is 5.75 Å². The van der Waals surface area contributed by atoms with Gasteiger partial charge in [0.25, 0.3) is 0 Å². The molecule has 1 aromatic rings. The van der Waals surface area contributed by atoms with Crippen LogP contribution in [0, 0.1) is 6.92 Å². The molecule has 0 aliphatic carbocycles. The van der Waals surface area contributed by atoms with E-state index in [1.165, 1.54) is 6.07 Å². The second kappa shape index (κ2) is 3.55. The number of phenols is 1. The summed E-state index contributed by atoms with van der Waals surface area (Å²) in [6.45, 7) is 1.69. The summed E-state index contributed by atoms with van der Waals surface area (Å²) in [4.78, 5) is 10.5. The van der Waals surface area contributed by atoms with Crippen molar-refractivity contribution in [1.29, 1.82) is 0 Å². The number of hydrogen-bond acceptors (Lipinski definition) is 4. The summed E-state index contributed by atoms with van der Waals surface area (Å²) in [7, 11) is 0. The molecule has 0 fully saturated rings. The van der Waals surface area contributed by atoms with Crippen molar-refractivity contribution in [2.45, 2.75) is 13.1 Å². The van der Waals surface area contributed by atoms with Crippen molar-refractivity contribution in [2.75, 3.05) is 0 Å². The number of nitrogens with two attached hydrogens (primary N) is 2. The molecule has 70 valence electrons. The Morgan fingerprint density at radius 2 is 2.08 bits per heavy atom. The van der Waals surface area contributed by atoms with E-state index in [9.17, 15) is 9.90 Å². The minimum atomic E-state index is -0.627. The Bertz CT molecular complexity index is 335. The van der Waals surface area contributed by atoms with Gasteiger partial charge in [-0.2, -0.15) is 0 Å². The summed E-state index contributed by atoms with van der Waals surface area (Å²) in [5.41, 5.74) is 12.3. The second-order valence-electron chi connectivity index (χ2n) is 2.92. The highest BCUT2D eigenvalue weighted by atomic mass is 16.3. The third kappa shape index (κ3) is 1.85. The van der Waals surface area contributed by atoms with E-state index < -0.39 is 6.17 Å². The lowest BCUT2D eigenvalue weighted by molar-refractivity contribution is 0.112. The van der Waals surface area contributed by atoms with Gasteiger partial charge in [0.05, 0.1) is 11.7 Å². The fourth-order valence-corrected chi connectivity index (χ4v) is 1.12. The number of benzene rings is 1. The highest BCUT2D eigenvalue weighted by Crippen LogP contribution is 2.23. The van der Waals surface area contributed by atoms with Crippen molar-refractivity contribution >= 4 is 6.29 Å². The van der Waals surface area contributed by atoms with Crippen LogP contribution in [-0.4, -0.2) is 11.4 Å². The first-order valence-corrected chi connectivity index (χ1v) is 3.86. The Kier molecular flexibility index (Phi) is 2.65. The average molecular weight is 180 g/mol. The third-order valence-corrected chi connectivity index (χ3v) is 1.86. The van der Waals surface area contributed by atoms with Gasteiger partial charge in [0.2, 0.25) is 0 Å². The van der Waals surface area contributed by atoms with Gasteiger partial charge >= 0.3 is 0 Å². The molecule has 0 radical (unpaired) electrons. The van der Waals surface area contributed by atoms with E-state index in [1.807, 2.05) is 0 Å². The molecule has 0 heterocycles. The van der Waals surface area contributed by atoms with E-state index >= 15 is 0 Å². The lowest BCUT2D eigenvalue weighted by Gasteiger charge is -2.09. The van der Waals surface area contributed by atoms with Crippen molar-refractivity contribution in [3.05, 3.63) is 28.8 Å². The largest absolute Gasteiger partial charge is 0.507 e. The number of aryl methyl sites for hydroxylation is 1. The number of aromatic hydroxyl groups is 1. The topological polar surface area (TPSA) is 89.3 Å². The Morgan fingerprint density at radius 1 is 1.46 bits per heavy atom. The zero-order valence-electron chi connectivity index (χ0n) is 7.32. The maximum Gasteiger partial charge on any atom is 0.153 e. The first-order chi connectivity index (χ1) is 6.06. The number of rotatable bonds is 2. The average Bonchev–Trinajstić information content (AvgIpc) is 2.09. The summed E-state index contributed by atoms with van der Waals surface area (Å²) >= 11 is 0. The fraction of sp³-hybridized carbons (Fsp3) is 0.222. The number of carbonyl (C=O) groups excluding carboxylic acids is 1. The van der Waals surface area contributed by atoms with Gasteiger partial charge in [-0.3, -0.25) is 4.79 Å². The summed E-state index contributed by atoms with van der Waals surface area (Å²) in [6.07, 6.45) is -0.0493. The van der Waals surface area contributed by atoms with Crippen molar-refractivity contribution < 1.29 is 9.90 Å². The molecule has 0 atom stereocenters. The molecular formula is C9H12N2O2. The molecule has 0 amide bonds. The Hall–Kier alpha value is -1.39. The molecule has 0 aliphatic heterocycles. The Balaban J connectivity index is 3.30. The predicted molar refractivity (Wildman–Crippen MR) is 49.3 cm³/mol. The van der Waals surface area contributed by atoms with Crippen molar-refractivity contribution in [1.82, 2.24) is 0 Å². The number of phenolic OH excluding ortho intramolecular Hbond substituents is 1. The SMILES string of the molecule is Cc1cc(C(N)N)cc(C=O)c1O. The van der Waals surface area contributed by atoms with E-state index in [2.05, 4.69) is 0 Å². The van der Waals surface area contributed by atoms with Crippen LogP contribution in [-0.2, 0) is 0 Å². The number of aldehydes is 1. The van der Waals surface area contributed by atoms with Crippen LogP contribution in [0.5, 0.6) is 5.75 Å². The summed E-state index contributed by atoms with van der Waals surface area (Å²) < 4.78 is 0. The van der Waals surface area contributed by atoms with E-state index in [4.69, 9.17) is 11.5 Å². The van der Waals surface area contributed by atoms with E-state index in [0.29, 0.717) is 17.4 Å². The molecule has 0 aliphatic rings.